The lowest BCUT2D eigenvalue weighted by atomic mass is 10.0. The van der Waals surface area contributed by atoms with Crippen LogP contribution in [0.4, 0.5) is 0 Å². The fraction of sp³-hybridized carbons (Fsp3) is 0.875. The van der Waals surface area contributed by atoms with Crippen molar-refractivity contribution in [2.45, 2.75) is 43.7 Å². The predicted molar refractivity (Wildman–Crippen MR) is 50.9 cm³/mol. The van der Waals surface area contributed by atoms with Crippen molar-refractivity contribution in [3.63, 3.8) is 0 Å². The first-order chi connectivity index (χ1) is 6.43. The van der Waals surface area contributed by atoms with E-state index < -0.39 is 35.8 Å². The van der Waals surface area contributed by atoms with Crippen molar-refractivity contribution in [3.05, 3.63) is 0 Å². The average molecular weight is 222 g/mol. The van der Waals surface area contributed by atoms with Crippen molar-refractivity contribution in [1.29, 1.82) is 0 Å². The molecule has 1 saturated heterocycles. The Bertz CT molecular complexity index is 222. The third kappa shape index (κ3) is 2.38. The predicted octanol–water partition coefficient (Wildman–Crippen LogP) is -0.686. The minimum atomic E-state index is -1.16. The van der Waals surface area contributed by atoms with Gasteiger partial charge in [0.05, 0.1) is 6.10 Å². The smallest absolute Gasteiger partial charge is 0.303 e. The van der Waals surface area contributed by atoms with E-state index in [4.69, 9.17) is 9.47 Å². The summed E-state index contributed by atoms with van der Waals surface area (Å²) in [5.41, 5.74) is -0.715. The molecule has 0 unspecified atom stereocenters. The summed E-state index contributed by atoms with van der Waals surface area (Å²) in [7, 11) is 0. The maximum atomic E-state index is 10.7. The largest absolute Gasteiger partial charge is 0.456 e. The highest BCUT2D eigenvalue weighted by Gasteiger charge is 2.43. The SMILES string of the molecule is CC(=O)O[C@@H]1[C@@H](O)[C@@H](O)[C@@H](C)O[C@H]1S. The van der Waals surface area contributed by atoms with Crippen LogP contribution < -0.4 is 0 Å². The molecule has 1 rings (SSSR count). The zero-order chi connectivity index (χ0) is 10.9. The topological polar surface area (TPSA) is 76.0 Å². The first-order valence-corrected chi connectivity index (χ1v) is 4.82. The van der Waals surface area contributed by atoms with Gasteiger partial charge < -0.3 is 19.7 Å². The molecule has 1 heterocycles. The number of aliphatic hydroxyl groups excluding tert-OH is 2. The third-order valence-corrected chi connectivity index (χ3v) is 2.52. The lowest BCUT2D eigenvalue weighted by Gasteiger charge is -2.39. The van der Waals surface area contributed by atoms with E-state index in [1.54, 1.807) is 6.92 Å². The van der Waals surface area contributed by atoms with E-state index in [1.165, 1.54) is 6.92 Å². The van der Waals surface area contributed by atoms with Crippen LogP contribution in [0, 0.1) is 0 Å². The first-order valence-electron chi connectivity index (χ1n) is 4.30. The molecule has 0 aliphatic carbocycles. The normalized spacial score (nSPS) is 43.4. The molecule has 14 heavy (non-hydrogen) atoms. The van der Waals surface area contributed by atoms with E-state index in [9.17, 15) is 15.0 Å². The molecule has 2 N–H and O–H groups in total. The molecule has 5 atom stereocenters. The van der Waals surface area contributed by atoms with Gasteiger partial charge in [-0.2, -0.15) is 0 Å². The fourth-order valence-corrected chi connectivity index (χ4v) is 1.77. The zero-order valence-electron chi connectivity index (χ0n) is 7.95. The molecule has 0 aromatic heterocycles. The Morgan fingerprint density at radius 3 is 2.50 bits per heavy atom. The molecule has 0 spiro atoms. The quantitative estimate of drug-likeness (QED) is 0.404. The number of hydrogen-bond donors (Lipinski definition) is 3. The van der Waals surface area contributed by atoms with Gasteiger partial charge in [-0.15, -0.1) is 12.6 Å². The molecule has 0 amide bonds. The zero-order valence-corrected chi connectivity index (χ0v) is 8.85. The number of esters is 1. The summed E-state index contributed by atoms with van der Waals surface area (Å²) >= 11 is 4.02. The van der Waals surface area contributed by atoms with Crippen LogP contribution in [-0.2, 0) is 14.3 Å². The molecule has 6 heteroatoms. The molecule has 1 aliphatic rings. The van der Waals surface area contributed by atoms with E-state index >= 15 is 0 Å². The van der Waals surface area contributed by atoms with Gasteiger partial charge in [0, 0.05) is 6.92 Å². The van der Waals surface area contributed by atoms with Crippen molar-refractivity contribution in [2.24, 2.45) is 0 Å². The van der Waals surface area contributed by atoms with Gasteiger partial charge in [0.15, 0.2) is 6.10 Å². The number of carbonyl (C=O) groups excluding carboxylic acids is 1. The van der Waals surface area contributed by atoms with E-state index in [1.807, 2.05) is 0 Å². The van der Waals surface area contributed by atoms with Crippen LogP contribution in [0.3, 0.4) is 0 Å². The monoisotopic (exact) mass is 222 g/mol. The van der Waals surface area contributed by atoms with Gasteiger partial charge >= 0.3 is 5.97 Å². The third-order valence-electron chi connectivity index (χ3n) is 2.10. The van der Waals surface area contributed by atoms with Gasteiger partial charge in [0.2, 0.25) is 0 Å². The van der Waals surface area contributed by atoms with Crippen LogP contribution in [0.1, 0.15) is 13.8 Å². The summed E-state index contributed by atoms with van der Waals surface area (Å²) in [6.45, 7) is 2.83. The molecule has 82 valence electrons. The second-order valence-corrected chi connectivity index (χ2v) is 3.80. The number of thiol groups is 1. The molecule has 0 aromatic rings. The van der Waals surface area contributed by atoms with E-state index in [-0.39, 0.29) is 0 Å². The van der Waals surface area contributed by atoms with Crippen molar-refractivity contribution >= 4 is 18.6 Å². The summed E-state index contributed by atoms with van der Waals surface area (Å²) in [4.78, 5) is 10.7. The Morgan fingerprint density at radius 1 is 1.43 bits per heavy atom. The van der Waals surface area contributed by atoms with Crippen molar-refractivity contribution in [3.8, 4) is 0 Å². The number of aliphatic hydroxyl groups is 2. The van der Waals surface area contributed by atoms with E-state index in [0.29, 0.717) is 0 Å². The highest BCUT2D eigenvalue weighted by atomic mass is 32.1. The second-order valence-electron chi connectivity index (χ2n) is 3.29. The Labute approximate surface area is 87.4 Å². The maximum Gasteiger partial charge on any atom is 0.303 e. The lowest BCUT2D eigenvalue weighted by molar-refractivity contribution is -0.208. The minimum absolute atomic E-state index is 0.528. The fourth-order valence-electron chi connectivity index (χ4n) is 1.34. The Kier molecular flexibility index (Phi) is 3.77. The maximum absolute atomic E-state index is 10.7. The Hall–Kier alpha value is -0.300. The van der Waals surface area contributed by atoms with Crippen LogP contribution in [0.2, 0.25) is 0 Å². The lowest BCUT2D eigenvalue weighted by Crippen LogP contribution is -2.56. The van der Waals surface area contributed by atoms with E-state index in [0.717, 1.165) is 0 Å². The second kappa shape index (κ2) is 4.48. The van der Waals surface area contributed by atoms with Crippen molar-refractivity contribution in [2.75, 3.05) is 0 Å². The van der Waals surface area contributed by atoms with Crippen LogP contribution in [0.15, 0.2) is 0 Å². The minimum Gasteiger partial charge on any atom is -0.456 e. The molecular weight excluding hydrogens is 208 g/mol. The van der Waals surface area contributed by atoms with Crippen molar-refractivity contribution in [1.82, 2.24) is 0 Å². The van der Waals surface area contributed by atoms with Gasteiger partial charge in [-0.05, 0) is 6.92 Å². The molecule has 0 saturated carbocycles. The van der Waals surface area contributed by atoms with Gasteiger partial charge in [-0.3, -0.25) is 4.79 Å². The molecule has 0 bridgehead atoms. The summed E-state index contributed by atoms with van der Waals surface area (Å²) in [6.07, 6.45) is -3.69. The summed E-state index contributed by atoms with van der Waals surface area (Å²) in [5, 5.41) is 19.0. The molecule has 5 nitrogen and oxygen atoms in total. The highest BCUT2D eigenvalue weighted by Crippen LogP contribution is 2.25. The number of carbonyl (C=O) groups is 1. The van der Waals surface area contributed by atoms with Crippen LogP contribution >= 0.6 is 12.6 Å². The van der Waals surface area contributed by atoms with Gasteiger partial charge in [-0.1, -0.05) is 0 Å². The van der Waals surface area contributed by atoms with Crippen molar-refractivity contribution < 1.29 is 24.5 Å². The van der Waals surface area contributed by atoms with Gasteiger partial charge in [-0.25, -0.2) is 0 Å². The highest BCUT2D eigenvalue weighted by molar-refractivity contribution is 7.80. The average Bonchev–Trinajstić information content (AvgIpc) is 2.09. The Balaban J connectivity index is 2.68. The van der Waals surface area contributed by atoms with E-state index in [2.05, 4.69) is 12.6 Å². The molecule has 1 fully saturated rings. The molecule has 0 radical (unpaired) electrons. The van der Waals surface area contributed by atoms with Crippen LogP contribution in [-0.4, -0.2) is 46.0 Å². The van der Waals surface area contributed by atoms with Gasteiger partial charge in [0.25, 0.3) is 0 Å². The summed E-state index contributed by atoms with van der Waals surface area (Å²) in [6, 6.07) is 0. The Morgan fingerprint density at radius 2 is 2.00 bits per heavy atom. The molecular formula is C8H14O5S. The van der Waals surface area contributed by atoms with Crippen LogP contribution in [0.25, 0.3) is 0 Å². The number of ether oxygens (including phenoxy) is 2. The molecule has 0 aromatic carbocycles. The first kappa shape index (κ1) is 11.8. The van der Waals surface area contributed by atoms with Crippen LogP contribution in [0.5, 0.6) is 0 Å². The molecule has 1 aliphatic heterocycles. The summed E-state index contributed by atoms with van der Waals surface area (Å²) < 4.78 is 9.94. The number of rotatable bonds is 1. The standard InChI is InChI=1S/C8H14O5S/c1-3-5(10)6(11)7(8(14)12-3)13-4(2)9/h3,5-8,10-11,14H,1-2H3/t3-,5+,6+,7-,8+/m1/s1. The number of hydrogen-bond acceptors (Lipinski definition) is 6. The van der Waals surface area contributed by atoms with Gasteiger partial charge in [0.1, 0.15) is 17.6 Å². The summed E-state index contributed by atoms with van der Waals surface area (Å²) in [5.74, 6) is -0.543.